The van der Waals surface area contributed by atoms with E-state index in [1.165, 1.54) is 20.3 Å². The predicted molar refractivity (Wildman–Crippen MR) is 115 cm³/mol. The van der Waals surface area contributed by atoms with Gasteiger partial charge in [0.15, 0.2) is 0 Å². The number of rotatable bonds is 13. The Morgan fingerprint density at radius 3 is 1.77 bits per heavy atom. The number of allylic oxidation sites excluding steroid dienone is 1. The Hall–Kier alpha value is -0.500. The third-order valence-electron chi connectivity index (χ3n) is 3.12. The summed E-state index contributed by atoms with van der Waals surface area (Å²) in [7, 11) is -0.790. The van der Waals surface area contributed by atoms with Crippen LogP contribution in [0.25, 0.3) is 0 Å². The fraction of sp³-hybridized carbons (Fsp3) is 0.750. The van der Waals surface area contributed by atoms with Crippen LogP contribution in [0.4, 0.5) is 0 Å². The van der Waals surface area contributed by atoms with Gasteiger partial charge >= 0.3 is 49.1 Å². The topological polar surface area (TPSA) is 105 Å². The SMILES string of the molecule is CCCC/C=C/C(=O)OCC.CCCCC=O.CCOC(=O)CP(=O)(OC)OC.[H-].[Na+]. The summed E-state index contributed by atoms with van der Waals surface area (Å²) in [4.78, 5) is 31.1. The van der Waals surface area contributed by atoms with Crippen molar-refractivity contribution >= 4 is 25.8 Å². The minimum absolute atomic E-state index is 0. The standard InChI is InChI=1S/C9H16O2.C6H13O5P.C5H10O.Na.H/c1-3-5-6-7-8-9(10)11-4-2;1-4-11-6(7)5-12(8,9-2)10-3;1-2-3-4-5-6;;/h7-8H,3-6H2,1-2H3;4-5H2,1-3H3;5H,2-4H2,1H3;;/q;;;+1;-1/b8-7+;;;;. The molecule has 30 heavy (non-hydrogen) atoms. The second-order valence-electron chi connectivity index (χ2n) is 5.54. The van der Waals surface area contributed by atoms with Crippen LogP contribution in [-0.4, -0.2) is 51.8 Å². The summed E-state index contributed by atoms with van der Waals surface area (Å²) < 4.78 is 29.6. The molecule has 0 amide bonds. The molecule has 0 fully saturated rings. The zero-order valence-electron chi connectivity index (χ0n) is 20.8. The number of ether oxygens (including phenoxy) is 2. The van der Waals surface area contributed by atoms with Crippen LogP contribution < -0.4 is 29.6 Å². The molecule has 0 unspecified atom stereocenters. The Labute approximate surface area is 205 Å². The monoisotopic (exact) mass is 462 g/mol. The van der Waals surface area contributed by atoms with Gasteiger partial charge in [0, 0.05) is 26.7 Å². The van der Waals surface area contributed by atoms with Gasteiger partial charge in [-0.25, -0.2) is 4.79 Å². The number of carbonyl (C=O) groups excluding carboxylic acids is 3. The van der Waals surface area contributed by atoms with E-state index in [0.717, 1.165) is 44.8 Å². The van der Waals surface area contributed by atoms with Crippen molar-refractivity contribution in [1.29, 1.82) is 0 Å². The zero-order valence-corrected chi connectivity index (χ0v) is 22.7. The summed E-state index contributed by atoms with van der Waals surface area (Å²) in [5, 5.41) is 0. The molecule has 0 aliphatic carbocycles. The molecule has 0 atom stereocenters. The molecule has 0 rings (SSSR count). The summed E-state index contributed by atoms with van der Waals surface area (Å²) in [5.41, 5.74) is 0. The molecular formula is C20H40NaO8P. The predicted octanol–water partition coefficient (Wildman–Crippen LogP) is 1.82. The van der Waals surface area contributed by atoms with Crippen LogP contribution in [0.3, 0.4) is 0 Å². The van der Waals surface area contributed by atoms with Crippen LogP contribution in [0.15, 0.2) is 12.2 Å². The summed E-state index contributed by atoms with van der Waals surface area (Å²) >= 11 is 0. The Morgan fingerprint density at radius 2 is 1.40 bits per heavy atom. The average Bonchev–Trinajstić information content (AvgIpc) is 2.71. The van der Waals surface area contributed by atoms with Crippen molar-refractivity contribution in [2.24, 2.45) is 0 Å². The molecule has 0 saturated heterocycles. The van der Waals surface area contributed by atoms with E-state index in [-0.39, 0.29) is 49.7 Å². The molecule has 0 aromatic rings. The number of aldehydes is 1. The Morgan fingerprint density at radius 1 is 0.900 bits per heavy atom. The largest absolute Gasteiger partial charge is 1.00 e. The van der Waals surface area contributed by atoms with E-state index in [4.69, 9.17) is 4.74 Å². The molecule has 0 aliphatic rings. The van der Waals surface area contributed by atoms with Gasteiger partial charge in [0.2, 0.25) is 0 Å². The van der Waals surface area contributed by atoms with Crippen LogP contribution in [0.1, 0.15) is 67.6 Å². The minimum atomic E-state index is -3.24. The maximum Gasteiger partial charge on any atom is 1.00 e. The molecule has 0 radical (unpaired) electrons. The molecule has 0 N–H and O–H groups in total. The first-order valence-corrected chi connectivity index (χ1v) is 11.7. The van der Waals surface area contributed by atoms with Crippen molar-refractivity contribution in [3.63, 3.8) is 0 Å². The van der Waals surface area contributed by atoms with Gasteiger partial charge in [0.25, 0.3) is 0 Å². The van der Waals surface area contributed by atoms with Crippen LogP contribution in [0.5, 0.6) is 0 Å². The molecule has 0 aliphatic heterocycles. The van der Waals surface area contributed by atoms with Crippen molar-refractivity contribution in [1.82, 2.24) is 0 Å². The Balaban J connectivity index is -0.000000111. The van der Waals surface area contributed by atoms with Gasteiger partial charge in [0.1, 0.15) is 12.4 Å². The van der Waals surface area contributed by atoms with E-state index < -0.39 is 13.6 Å². The summed E-state index contributed by atoms with van der Waals surface area (Å²) in [6.45, 7) is 8.38. The summed E-state index contributed by atoms with van der Waals surface area (Å²) in [6, 6.07) is 0. The molecule has 0 heterocycles. The van der Waals surface area contributed by atoms with Crippen molar-refractivity contribution in [2.45, 2.75) is 66.2 Å². The maximum atomic E-state index is 11.3. The van der Waals surface area contributed by atoms with E-state index >= 15 is 0 Å². The number of carbonyl (C=O) groups is 3. The van der Waals surface area contributed by atoms with Gasteiger partial charge < -0.3 is 24.7 Å². The van der Waals surface area contributed by atoms with Gasteiger partial charge in [-0.05, 0) is 26.7 Å². The average molecular weight is 462 g/mol. The zero-order chi connectivity index (χ0) is 23.0. The third kappa shape index (κ3) is 29.7. The van der Waals surface area contributed by atoms with Crippen LogP contribution in [0, 0.1) is 0 Å². The van der Waals surface area contributed by atoms with E-state index in [1.807, 2.05) is 6.08 Å². The molecule has 8 nitrogen and oxygen atoms in total. The van der Waals surface area contributed by atoms with Gasteiger partial charge in [-0.15, -0.1) is 0 Å². The molecular weight excluding hydrogens is 422 g/mol. The number of hydrogen-bond acceptors (Lipinski definition) is 8. The molecule has 10 heteroatoms. The second kappa shape index (κ2) is 28.5. The number of unbranched alkanes of at least 4 members (excludes halogenated alkanes) is 4. The van der Waals surface area contributed by atoms with Crippen molar-refractivity contribution in [3.05, 3.63) is 12.2 Å². The summed E-state index contributed by atoms with van der Waals surface area (Å²) in [6.07, 6.45) is 10.1. The normalized spacial score (nSPS) is 9.93. The van der Waals surface area contributed by atoms with E-state index in [0.29, 0.717) is 6.61 Å². The number of esters is 2. The van der Waals surface area contributed by atoms with E-state index in [9.17, 15) is 18.9 Å². The Bertz CT molecular complexity index is 482. The minimum Gasteiger partial charge on any atom is -1.00 e. The molecule has 0 bridgehead atoms. The van der Waals surface area contributed by atoms with E-state index in [2.05, 4.69) is 27.6 Å². The smallest absolute Gasteiger partial charge is 1.00 e. The third-order valence-corrected chi connectivity index (χ3v) is 4.88. The van der Waals surface area contributed by atoms with Crippen LogP contribution in [-0.2, 0) is 37.5 Å². The molecule has 0 aromatic heterocycles. The maximum absolute atomic E-state index is 11.3. The molecule has 0 aromatic carbocycles. The number of hydrogen-bond donors (Lipinski definition) is 0. The fourth-order valence-corrected chi connectivity index (χ4v) is 2.36. The first-order chi connectivity index (χ1) is 13.8. The Kier molecular flexibility index (Phi) is 35.0. The van der Waals surface area contributed by atoms with Crippen molar-refractivity contribution in [2.75, 3.05) is 33.6 Å². The quantitative estimate of drug-likeness (QED) is 0.102. The van der Waals surface area contributed by atoms with Crippen molar-refractivity contribution < 1.29 is 68.5 Å². The van der Waals surface area contributed by atoms with Crippen LogP contribution >= 0.6 is 7.60 Å². The van der Waals surface area contributed by atoms with Gasteiger partial charge in [-0.2, -0.15) is 0 Å². The van der Waals surface area contributed by atoms with Gasteiger partial charge in [0.05, 0.1) is 13.2 Å². The van der Waals surface area contributed by atoms with E-state index in [1.54, 1.807) is 13.8 Å². The first-order valence-electron chi connectivity index (χ1n) is 9.93. The van der Waals surface area contributed by atoms with Gasteiger partial charge in [-0.3, -0.25) is 9.36 Å². The van der Waals surface area contributed by atoms with Crippen LogP contribution in [0.2, 0.25) is 0 Å². The molecule has 0 saturated carbocycles. The fourth-order valence-electron chi connectivity index (χ4n) is 1.55. The summed E-state index contributed by atoms with van der Waals surface area (Å²) in [5.74, 6) is -0.812. The second-order valence-corrected chi connectivity index (χ2v) is 7.81. The van der Waals surface area contributed by atoms with Crippen molar-refractivity contribution in [3.8, 4) is 0 Å². The molecule has 174 valence electrons. The first kappa shape index (κ1) is 36.8. The molecule has 0 spiro atoms. The van der Waals surface area contributed by atoms with Gasteiger partial charge in [-0.1, -0.05) is 39.2 Å².